The first-order chi connectivity index (χ1) is 4.18. The van der Waals surface area contributed by atoms with Gasteiger partial charge in [0.1, 0.15) is 0 Å². The van der Waals surface area contributed by atoms with Crippen molar-refractivity contribution < 1.29 is 4.79 Å². The average Bonchev–Trinajstić information content (AvgIpc) is 1.82. The van der Waals surface area contributed by atoms with Gasteiger partial charge >= 0.3 is 0 Å². The van der Waals surface area contributed by atoms with E-state index in [1.165, 1.54) is 0 Å². The van der Waals surface area contributed by atoms with E-state index < -0.39 is 0 Å². The van der Waals surface area contributed by atoms with Crippen molar-refractivity contribution in [2.45, 2.75) is 20.3 Å². The number of carbonyl (C=O) groups excluding carboxylic acids is 1. The van der Waals surface area contributed by atoms with Gasteiger partial charge in [-0.05, 0) is 13.3 Å². The van der Waals surface area contributed by atoms with Crippen LogP contribution in [0, 0.1) is 5.92 Å². The predicted octanol–water partition coefficient (Wildman–Crippen LogP) is 2.05. The molecule has 0 aliphatic carbocycles. The van der Waals surface area contributed by atoms with Crippen LogP contribution in [0.1, 0.15) is 20.3 Å². The fourth-order valence-corrected chi connectivity index (χ4v) is 0.546. The predicted molar refractivity (Wildman–Crippen MR) is 42.6 cm³/mol. The number of carbonyl (C=O) groups is 1. The van der Waals surface area contributed by atoms with Gasteiger partial charge in [0.05, 0.1) is 0 Å². The Labute approximate surface area is 61.6 Å². The fourth-order valence-electron chi connectivity index (χ4n) is 0.441. The molecule has 0 radical (unpaired) electrons. The van der Waals surface area contributed by atoms with Gasteiger partial charge in [0.15, 0.2) is 5.12 Å². The number of rotatable bonds is 3. The third-order valence-electron chi connectivity index (χ3n) is 1.15. The Morgan fingerprint density at radius 2 is 2.33 bits per heavy atom. The minimum atomic E-state index is -0.0342. The first-order valence-electron chi connectivity index (χ1n) is 3.02. The molecule has 0 aromatic heterocycles. The van der Waals surface area contributed by atoms with Crippen LogP contribution in [0.3, 0.4) is 0 Å². The van der Waals surface area contributed by atoms with Crippen molar-refractivity contribution in [1.82, 2.24) is 0 Å². The van der Waals surface area contributed by atoms with Crippen molar-refractivity contribution in [2.24, 2.45) is 5.92 Å². The van der Waals surface area contributed by atoms with Crippen LogP contribution in [0.25, 0.3) is 0 Å². The summed E-state index contributed by atoms with van der Waals surface area (Å²) in [5, 5.41) is -0.0342. The topological polar surface area (TPSA) is 17.1 Å². The SMILES string of the molecule is CC=CCC(C)C(=O)S. The number of allylic oxidation sites excluding steroid dienone is 2. The van der Waals surface area contributed by atoms with E-state index >= 15 is 0 Å². The standard InChI is InChI=1S/C7H12OS/c1-3-4-5-6(2)7(8)9/h3-4,6H,5H2,1-2H3,(H,8,9). The van der Waals surface area contributed by atoms with Crippen LogP contribution in [-0.4, -0.2) is 5.12 Å². The van der Waals surface area contributed by atoms with Gasteiger partial charge < -0.3 is 0 Å². The summed E-state index contributed by atoms with van der Waals surface area (Å²) in [6.45, 7) is 3.81. The van der Waals surface area contributed by atoms with Crippen molar-refractivity contribution in [1.29, 1.82) is 0 Å². The summed E-state index contributed by atoms with van der Waals surface area (Å²) < 4.78 is 0. The highest BCUT2D eigenvalue weighted by atomic mass is 32.1. The smallest absolute Gasteiger partial charge is 0.189 e. The maximum absolute atomic E-state index is 10.5. The Morgan fingerprint density at radius 3 is 2.67 bits per heavy atom. The zero-order chi connectivity index (χ0) is 7.28. The van der Waals surface area contributed by atoms with Gasteiger partial charge in [0, 0.05) is 5.92 Å². The van der Waals surface area contributed by atoms with E-state index in [-0.39, 0.29) is 11.0 Å². The summed E-state index contributed by atoms with van der Waals surface area (Å²) in [5.74, 6) is 0.0598. The molecular formula is C7H12OS. The molecule has 1 nitrogen and oxygen atoms in total. The first-order valence-corrected chi connectivity index (χ1v) is 3.47. The molecule has 1 atom stereocenters. The Hall–Kier alpha value is -0.240. The van der Waals surface area contributed by atoms with Crippen molar-refractivity contribution in [3.8, 4) is 0 Å². The van der Waals surface area contributed by atoms with Gasteiger partial charge in [-0.1, -0.05) is 19.1 Å². The Morgan fingerprint density at radius 1 is 1.78 bits per heavy atom. The fraction of sp³-hybridized carbons (Fsp3) is 0.571. The Kier molecular flexibility index (Phi) is 4.50. The summed E-state index contributed by atoms with van der Waals surface area (Å²) >= 11 is 3.69. The summed E-state index contributed by atoms with van der Waals surface area (Å²) in [4.78, 5) is 10.5. The maximum Gasteiger partial charge on any atom is 0.189 e. The van der Waals surface area contributed by atoms with E-state index in [1.807, 2.05) is 26.0 Å². The molecule has 0 aromatic rings. The molecule has 0 spiro atoms. The molecule has 0 saturated heterocycles. The summed E-state index contributed by atoms with van der Waals surface area (Å²) in [6, 6.07) is 0. The first kappa shape index (κ1) is 8.76. The Balaban J connectivity index is 3.50. The van der Waals surface area contributed by atoms with Gasteiger partial charge in [0.2, 0.25) is 0 Å². The highest BCUT2D eigenvalue weighted by Gasteiger charge is 2.04. The van der Waals surface area contributed by atoms with E-state index in [2.05, 4.69) is 12.6 Å². The third kappa shape index (κ3) is 4.28. The van der Waals surface area contributed by atoms with Crippen LogP contribution < -0.4 is 0 Å². The van der Waals surface area contributed by atoms with Gasteiger partial charge in [-0.2, -0.15) is 0 Å². The normalized spacial score (nSPS) is 14.1. The van der Waals surface area contributed by atoms with Gasteiger partial charge in [-0.3, -0.25) is 4.79 Å². The lowest BCUT2D eigenvalue weighted by Crippen LogP contribution is -2.01. The van der Waals surface area contributed by atoms with Gasteiger partial charge in [-0.25, -0.2) is 0 Å². The lowest BCUT2D eigenvalue weighted by molar-refractivity contribution is -0.113. The maximum atomic E-state index is 10.5. The highest BCUT2D eigenvalue weighted by Crippen LogP contribution is 2.05. The lowest BCUT2D eigenvalue weighted by Gasteiger charge is -1.99. The minimum absolute atomic E-state index is 0.0342. The molecule has 52 valence electrons. The minimum Gasteiger partial charge on any atom is -0.287 e. The van der Waals surface area contributed by atoms with E-state index in [0.29, 0.717) is 0 Å². The summed E-state index contributed by atoms with van der Waals surface area (Å²) in [6.07, 6.45) is 4.71. The number of thiol groups is 1. The molecule has 0 rings (SSSR count). The van der Waals surface area contributed by atoms with Crippen LogP contribution >= 0.6 is 12.6 Å². The van der Waals surface area contributed by atoms with E-state index in [0.717, 1.165) is 6.42 Å². The third-order valence-corrected chi connectivity index (χ3v) is 1.59. The molecule has 1 unspecified atom stereocenters. The average molecular weight is 144 g/mol. The molecule has 0 bridgehead atoms. The van der Waals surface area contributed by atoms with Crippen molar-refractivity contribution in [2.75, 3.05) is 0 Å². The zero-order valence-electron chi connectivity index (χ0n) is 5.79. The van der Waals surface area contributed by atoms with Crippen LogP contribution in [-0.2, 0) is 4.79 Å². The van der Waals surface area contributed by atoms with Crippen molar-refractivity contribution in [3.63, 3.8) is 0 Å². The molecule has 0 heterocycles. The van der Waals surface area contributed by atoms with Crippen molar-refractivity contribution >= 4 is 17.7 Å². The second-order valence-corrected chi connectivity index (χ2v) is 2.48. The second-order valence-electron chi connectivity index (χ2n) is 2.04. The van der Waals surface area contributed by atoms with Crippen LogP contribution in [0.2, 0.25) is 0 Å². The molecule has 0 saturated carbocycles. The van der Waals surface area contributed by atoms with Crippen LogP contribution in [0.15, 0.2) is 12.2 Å². The van der Waals surface area contributed by atoms with Crippen molar-refractivity contribution in [3.05, 3.63) is 12.2 Å². The quantitative estimate of drug-likeness (QED) is 0.474. The van der Waals surface area contributed by atoms with Crippen LogP contribution in [0.5, 0.6) is 0 Å². The molecule has 0 N–H and O–H groups in total. The summed E-state index contributed by atoms with van der Waals surface area (Å²) in [5.41, 5.74) is 0. The van der Waals surface area contributed by atoms with E-state index in [9.17, 15) is 4.79 Å². The number of hydrogen-bond acceptors (Lipinski definition) is 1. The molecule has 2 heteroatoms. The molecule has 9 heavy (non-hydrogen) atoms. The molecule has 0 amide bonds. The van der Waals surface area contributed by atoms with Crippen LogP contribution in [0.4, 0.5) is 0 Å². The highest BCUT2D eigenvalue weighted by molar-refractivity contribution is 7.96. The number of hydrogen-bond donors (Lipinski definition) is 1. The summed E-state index contributed by atoms with van der Waals surface area (Å²) in [7, 11) is 0. The van der Waals surface area contributed by atoms with Gasteiger partial charge in [-0.15, -0.1) is 12.6 Å². The molecule has 0 aromatic carbocycles. The monoisotopic (exact) mass is 144 g/mol. The molecule has 0 aliphatic heterocycles. The second kappa shape index (κ2) is 4.62. The molecule has 0 fully saturated rings. The lowest BCUT2D eigenvalue weighted by atomic mass is 10.1. The largest absolute Gasteiger partial charge is 0.287 e. The van der Waals surface area contributed by atoms with Gasteiger partial charge in [0.25, 0.3) is 0 Å². The van der Waals surface area contributed by atoms with E-state index in [4.69, 9.17) is 0 Å². The molecule has 0 aliphatic rings. The zero-order valence-corrected chi connectivity index (χ0v) is 6.69. The van der Waals surface area contributed by atoms with E-state index in [1.54, 1.807) is 0 Å². The molecular weight excluding hydrogens is 132 g/mol. The Bertz CT molecular complexity index is 118.